The van der Waals surface area contributed by atoms with E-state index in [1.165, 1.54) is 25.3 Å². The quantitative estimate of drug-likeness (QED) is 0.157. The number of benzene rings is 4. The third kappa shape index (κ3) is 8.26. The molecule has 1 aliphatic rings. The second-order valence-electron chi connectivity index (χ2n) is 10.5. The number of methoxy groups -OCH3 is 1. The van der Waals surface area contributed by atoms with E-state index < -0.39 is 18.1 Å². The highest BCUT2D eigenvalue weighted by Gasteiger charge is 2.38. The van der Waals surface area contributed by atoms with Crippen LogP contribution in [0.3, 0.4) is 0 Å². The van der Waals surface area contributed by atoms with Gasteiger partial charge in [-0.25, -0.2) is 0 Å². The van der Waals surface area contributed by atoms with Gasteiger partial charge in [-0.2, -0.15) is 0 Å². The molecule has 0 saturated heterocycles. The Balaban J connectivity index is 1.28. The predicted molar refractivity (Wildman–Crippen MR) is 168 cm³/mol. The molecule has 0 spiro atoms. The van der Waals surface area contributed by atoms with Crippen LogP contribution >= 0.6 is 0 Å². The molecule has 0 aliphatic carbocycles. The first-order valence-corrected chi connectivity index (χ1v) is 14.4. The number of hydrogen-bond acceptors (Lipinski definition) is 8. The van der Waals surface area contributed by atoms with Gasteiger partial charge in [0.25, 0.3) is 5.91 Å². The molecule has 5 rings (SSSR count). The van der Waals surface area contributed by atoms with Gasteiger partial charge in [0.15, 0.2) is 17.6 Å². The normalized spacial score (nSPS) is 15.4. The summed E-state index contributed by atoms with van der Waals surface area (Å²) in [7, 11) is 1.48. The third-order valence-electron chi connectivity index (χ3n) is 7.21. The van der Waals surface area contributed by atoms with E-state index in [2.05, 4.69) is 10.6 Å². The van der Waals surface area contributed by atoms with Gasteiger partial charge in [0, 0.05) is 30.8 Å². The number of hydrogen-bond donors (Lipinski definition) is 5. The lowest BCUT2D eigenvalue weighted by atomic mass is 10.0. The Labute approximate surface area is 260 Å². The fraction of sp³-hybridized carbons (Fsp3) is 0.200. The summed E-state index contributed by atoms with van der Waals surface area (Å²) in [5.41, 5.74) is 3.08. The molecule has 45 heavy (non-hydrogen) atoms. The standard InChI is InChI=1S/C35H34N2O8/c1-43-29-20-25(19-28(40)21-29)33-34(35(42)37-17-15-23-4-10-27(39)11-5-23)45-31-18-24(6-12-30(31)44-33)7-13-32(41)36-16-14-22-2-8-26(38)9-3-22/h2-13,18-21,33-34,38-40H,14-17H2,1H3,(H,36,41)(H,37,42). The summed E-state index contributed by atoms with van der Waals surface area (Å²) in [6.07, 6.45) is 2.20. The van der Waals surface area contributed by atoms with Crippen molar-refractivity contribution in [1.29, 1.82) is 0 Å². The van der Waals surface area contributed by atoms with E-state index in [4.69, 9.17) is 14.2 Å². The maximum absolute atomic E-state index is 13.5. The fourth-order valence-corrected chi connectivity index (χ4v) is 4.85. The number of phenols is 3. The summed E-state index contributed by atoms with van der Waals surface area (Å²) >= 11 is 0. The maximum atomic E-state index is 13.5. The molecule has 4 aromatic carbocycles. The van der Waals surface area contributed by atoms with E-state index in [0.717, 1.165) is 11.1 Å². The van der Waals surface area contributed by atoms with Crippen LogP contribution < -0.4 is 24.8 Å². The van der Waals surface area contributed by atoms with Crippen LogP contribution in [0.4, 0.5) is 0 Å². The van der Waals surface area contributed by atoms with Crippen LogP contribution in [0, 0.1) is 0 Å². The Morgan fingerprint density at radius 3 is 2.04 bits per heavy atom. The molecule has 0 saturated carbocycles. The van der Waals surface area contributed by atoms with Crippen LogP contribution in [0.25, 0.3) is 6.08 Å². The van der Waals surface area contributed by atoms with Gasteiger partial charge < -0.3 is 40.2 Å². The molecule has 2 atom stereocenters. The Morgan fingerprint density at radius 2 is 1.40 bits per heavy atom. The van der Waals surface area contributed by atoms with Gasteiger partial charge in [-0.05, 0) is 84.1 Å². The van der Waals surface area contributed by atoms with E-state index in [1.807, 2.05) is 0 Å². The number of fused-ring (bicyclic) bond motifs is 1. The minimum Gasteiger partial charge on any atom is -0.508 e. The van der Waals surface area contributed by atoms with E-state index in [-0.39, 0.29) is 23.2 Å². The van der Waals surface area contributed by atoms with Gasteiger partial charge in [-0.15, -0.1) is 0 Å². The van der Waals surface area contributed by atoms with Gasteiger partial charge in [0.2, 0.25) is 12.0 Å². The lowest BCUT2D eigenvalue weighted by Gasteiger charge is -2.33. The van der Waals surface area contributed by atoms with Gasteiger partial charge >= 0.3 is 0 Å². The number of ether oxygens (including phenoxy) is 3. The summed E-state index contributed by atoms with van der Waals surface area (Å²) in [6, 6.07) is 23.3. The molecule has 10 nitrogen and oxygen atoms in total. The molecule has 0 radical (unpaired) electrons. The van der Waals surface area contributed by atoms with Crippen LogP contribution in [0.2, 0.25) is 0 Å². The largest absolute Gasteiger partial charge is 0.508 e. The zero-order valence-electron chi connectivity index (χ0n) is 24.6. The van der Waals surface area contributed by atoms with E-state index in [9.17, 15) is 24.9 Å². The Hall–Kier alpha value is -5.64. The van der Waals surface area contributed by atoms with Crippen LogP contribution in [0.5, 0.6) is 34.5 Å². The van der Waals surface area contributed by atoms with Crippen LogP contribution in [-0.2, 0) is 22.4 Å². The topological polar surface area (TPSA) is 147 Å². The van der Waals surface area contributed by atoms with Crippen molar-refractivity contribution in [3.63, 3.8) is 0 Å². The molecule has 2 unspecified atom stereocenters. The minimum atomic E-state index is -1.11. The first kappa shape index (κ1) is 30.8. The number of carbonyl (C=O) groups excluding carboxylic acids is 2. The SMILES string of the molecule is COc1cc(O)cc(C2Oc3ccc(C=CC(=O)NCCc4ccc(O)cc4)cc3OC2C(=O)NCCc2ccc(O)cc2)c1. The monoisotopic (exact) mass is 610 g/mol. The molecule has 10 heteroatoms. The van der Waals surface area contributed by atoms with Crippen molar-refractivity contribution in [2.45, 2.75) is 25.0 Å². The summed E-state index contributed by atoms with van der Waals surface area (Å²) in [4.78, 5) is 25.9. The van der Waals surface area contributed by atoms with Crippen molar-refractivity contribution >= 4 is 17.9 Å². The summed E-state index contributed by atoms with van der Waals surface area (Å²) in [5, 5.41) is 34.9. The maximum Gasteiger partial charge on any atom is 0.265 e. The molecule has 0 aromatic heterocycles. The zero-order valence-corrected chi connectivity index (χ0v) is 24.6. The smallest absolute Gasteiger partial charge is 0.265 e. The fourth-order valence-electron chi connectivity index (χ4n) is 4.85. The second-order valence-corrected chi connectivity index (χ2v) is 10.5. The number of phenolic OH excluding ortho intramolecular Hbond substituents is 3. The predicted octanol–water partition coefficient (Wildman–Crippen LogP) is 4.42. The average Bonchev–Trinajstić information content (AvgIpc) is 3.04. The number of amides is 2. The third-order valence-corrected chi connectivity index (χ3v) is 7.21. The molecule has 5 N–H and O–H groups in total. The molecule has 0 fully saturated rings. The van der Waals surface area contributed by atoms with E-state index >= 15 is 0 Å². The molecule has 2 amide bonds. The van der Waals surface area contributed by atoms with E-state index in [0.29, 0.717) is 54.3 Å². The lowest BCUT2D eigenvalue weighted by molar-refractivity contribution is -0.134. The zero-order chi connectivity index (χ0) is 31.8. The molecule has 1 aliphatic heterocycles. The van der Waals surface area contributed by atoms with Crippen molar-refractivity contribution in [2.24, 2.45) is 0 Å². The van der Waals surface area contributed by atoms with Gasteiger partial charge in [0.05, 0.1) is 7.11 Å². The Morgan fingerprint density at radius 1 is 0.756 bits per heavy atom. The average molecular weight is 611 g/mol. The Kier molecular flexibility index (Phi) is 9.74. The van der Waals surface area contributed by atoms with Crippen LogP contribution in [0.15, 0.2) is 91.0 Å². The number of rotatable bonds is 11. The lowest BCUT2D eigenvalue weighted by Crippen LogP contribution is -2.46. The van der Waals surface area contributed by atoms with Crippen LogP contribution in [0.1, 0.15) is 28.4 Å². The van der Waals surface area contributed by atoms with Crippen molar-refractivity contribution < 1.29 is 39.1 Å². The number of aromatic hydroxyl groups is 3. The number of carbonyl (C=O) groups is 2. The molecule has 0 bridgehead atoms. The summed E-state index contributed by atoms with van der Waals surface area (Å²) in [5.74, 6) is 0.739. The summed E-state index contributed by atoms with van der Waals surface area (Å²) in [6.45, 7) is 0.747. The molecule has 232 valence electrons. The van der Waals surface area contributed by atoms with Crippen molar-refractivity contribution in [3.05, 3.63) is 113 Å². The van der Waals surface area contributed by atoms with Gasteiger partial charge in [0.1, 0.15) is 23.0 Å². The Bertz CT molecular complexity index is 1670. The van der Waals surface area contributed by atoms with Crippen molar-refractivity contribution in [1.82, 2.24) is 10.6 Å². The van der Waals surface area contributed by atoms with E-state index in [1.54, 1.807) is 78.9 Å². The highest BCUT2D eigenvalue weighted by molar-refractivity contribution is 5.91. The van der Waals surface area contributed by atoms with Crippen molar-refractivity contribution in [3.8, 4) is 34.5 Å². The minimum absolute atomic E-state index is 0.0490. The van der Waals surface area contributed by atoms with Gasteiger partial charge in [-0.3, -0.25) is 9.59 Å². The molecule has 1 heterocycles. The highest BCUT2D eigenvalue weighted by Crippen LogP contribution is 2.41. The highest BCUT2D eigenvalue weighted by atomic mass is 16.6. The molecule has 4 aromatic rings. The second kappa shape index (κ2) is 14.2. The van der Waals surface area contributed by atoms with Crippen molar-refractivity contribution in [2.75, 3.05) is 20.2 Å². The number of nitrogens with one attached hydrogen (secondary N) is 2. The summed E-state index contributed by atoms with van der Waals surface area (Å²) < 4.78 is 17.8. The molecular formula is C35H34N2O8. The van der Waals surface area contributed by atoms with Crippen LogP contribution in [-0.4, -0.2) is 53.4 Å². The van der Waals surface area contributed by atoms with Gasteiger partial charge in [-0.1, -0.05) is 30.3 Å². The molecular weight excluding hydrogens is 576 g/mol. The first-order valence-electron chi connectivity index (χ1n) is 14.4. The first-order chi connectivity index (χ1) is 21.8.